The molecule has 1 saturated heterocycles. The van der Waals surface area contributed by atoms with E-state index in [0.29, 0.717) is 0 Å². The highest BCUT2D eigenvalue weighted by molar-refractivity contribution is 5.89. The number of ether oxygens (including phenoxy) is 2. The maximum Gasteiger partial charge on any atom is 0.407 e. The van der Waals surface area contributed by atoms with E-state index in [2.05, 4.69) is 10.1 Å². The molecule has 1 aliphatic heterocycles. The third-order valence-corrected chi connectivity index (χ3v) is 2.59. The highest BCUT2D eigenvalue weighted by Crippen LogP contribution is 2.10. The van der Waals surface area contributed by atoms with Crippen LogP contribution >= 0.6 is 0 Å². The number of nitrogens with one attached hydrogen (secondary N) is 1. The van der Waals surface area contributed by atoms with Crippen LogP contribution < -0.4 is 5.32 Å². The molecule has 1 N–H and O–H groups in total. The summed E-state index contributed by atoms with van der Waals surface area (Å²) < 4.78 is 9.35. The van der Waals surface area contributed by atoms with E-state index in [1.807, 2.05) is 30.3 Å². The second kappa shape index (κ2) is 5.99. The lowest BCUT2D eigenvalue weighted by Gasteiger charge is -2.20. The van der Waals surface area contributed by atoms with Crippen molar-refractivity contribution in [1.82, 2.24) is 5.32 Å². The number of hydrogen-bond acceptors (Lipinski definition) is 5. The molecule has 0 unspecified atom stereocenters. The number of esters is 2. The zero-order valence-electron chi connectivity index (χ0n) is 10.1. The molecule has 1 amide bonds. The van der Waals surface area contributed by atoms with Crippen LogP contribution in [0.4, 0.5) is 4.79 Å². The van der Waals surface area contributed by atoms with E-state index in [4.69, 9.17) is 4.74 Å². The van der Waals surface area contributed by atoms with E-state index in [0.717, 1.165) is 5.56 Å². The Kier molecular flexibility index (Phi) is 4.12. The molecule has 0 radical (unpaired) electrons. The van der Waals surface area contributed by atoms with Gasteiger partial charge in [0.25, 0.3) is 0 Å². The summed E-state index contributed by atoms with van der Waals surface area (Å²) in [5.74, 6) is -1.27. The van der Waals surface area contributed by atoms with Gasteiger partial charge in [-0.15, -0.1) is 0 Å². The summed E-state index contributed by atoms with van der Waals surface area (Å²) in [5, 5.41) is 2.47. The van der Waals surface area contributed by atoms with Gasteiger partial charge in [-0.25, -0.2) is 4.79 Å². The molecule has 1 aromatic rings. The van der Waals surface area contributed by atoms with Crippen LogP contribution in [0.2, 0.25) is 0 Å². The van der Waals surface area contributed by atoms with E-state index in [1.165, 1.54) is 0 Å². The molecule has 6 heteroatoms. The molecule has 1 aromatic carbocycles. The Bertz CT molecular complexity index is 469. The van der Waals surface area contributed by atoms with E-state index in [-0.39, 0.29) is 19.4 Å². The molecule has 1 fully saturated rings. The average Bonchev–Trinajstić information content (AvgIpc) is 2.36. The number of hydrogen-bond donors (Lipinski definition) is 1. The number of carbonyl (C=O) groups excluding carboxylic acids is 3. The summed E-state index contributed by atoms with van der Waals surface area (Å²) in [7, 11) is 0. The first-order chi connectivity index (χ1) is 9.13. The van der Waals surface area contributed by atoms with Crippen LogP contribution in [0.3, 0.4) is 0 Å². The molecule has 1 heterocycles. The molecule has 0 atom stereocenters. The highest BCUT2D eigenvalue weighted by Gasteiger charge is 2.28. The molecule has 0 aliphatic carbocycles. The van der Waals surface area contributed by atoms with Crippen LogP contribution in [0.5, 0.6) is 0 Å². The largest absolute Gasteiger partial charge is 0.445 e. The van der Waals surface area contributed by atoms with Crippen molar-refractivity contribution in [3.8, 4) is 0 Å². The van der Waals surface area contributed by atoms with Gasteiger partial charge in [0.05, 0.1) is 18.9 Å². The zero-order valence-corrected chi connectivity index (χ0v) is 10.1. The summed E-state index contributed by atoms with van der Waals surface area (Å²) in [6.45, 7) is 0.137. The number of amides is 1. The number of cyclic esters (lactones) is 2. The van der Waals surface area contributed by atoms with Crippen LogP contribution in [-0.4, -0.2) is 24.1 Å². The fourth-order valence-corrected chi connectivity index (χ4v) is 1.72. The summed E-state index contributed by atoms with van der Waals surface area (Å²) in [5.41, 5.74) is 0.858. The van der Waals surface area contributed by atoms with Gasteiger partial charge in [0.15, 0.2) is 0 Å². The van der Waals surface area contributed by atoms with E-state index in [9.17, 15) is 14.4 Å². The normalized spacial score (nSPS) is 15.8. The first-order valence-corrected chi connectivity index (χ1v) is 5.84. The zero-order chi connectivity index (χ0) is 13.7. The van der Waals surface area contributed by atoms with Crippen molar-refractivity contribution >= 4 is 18.0 Å². The van der Waals surface area contributed by atoms with Crippen molar-refractivity contribution < 1.29 is 23.9 Å². The van der Waals surface area contributed by atoms with E-state index < -0.39 is 24.1 Å². The maximum atomic E-state index is 11.5. The molecule has 0 saturated carbocycles. The molecule has 2 rings (SSSR count). The number of benzene rings is 1. The Hall–Kier alpha value is -2.37. The average molecular weight is 263 g/mol. The van der Waals surface area contributed by atoms with Gasteiger partial charge in [-0.1, -0.05) is 30.3 Å². The van der Waals surface area contributed by atoms with E-state index >= 15 is 0 Å². The van der Waals surface area contributed by atoms with Crippen molar-refractivity contribution in [2.24, 2.45) is 0 Å². The van der Waals surface area contributed by atoms with Crippen molar-refractivity contribution in [3.05, 3.63) is 35.9 Å². The van der Waals surface area contributed by atoms with Crippen LogP contribution in [-0.2, 0) is 25.7 Å². The minimum atomic E-state index is -0.656. The number of rotatable bonds is 3. The van der Waals surface area contributed by atoms with Crippen molar-refractivity contribution in [2.75, 3.05) is 0 Å². The van der Waals surface area contributed by atoms with Crippen molar-refractivity contribution in [2.45, 2.75) is 25.5 Å². The second-order valence-corrected chi connectivity index (χ2v) is 4.16. The fourth-order valence-electron chi connectivity index (χ4n) is 1.72. The summed E-state index contributed by atoms with van der Waals surface area (Å²) >= 11 is 0. The maximum absolute atomic E-state index is 11.5. The van der Waals surface area contributed by atoms with Gasteiger partial charge in [-0.3, -0.25) is 9.59 Å². The Morgan fingerprint density at radius 2 is 1.84 bits per heavy atom. The standard InChI is InChI=1S/C13H13NO5/c15-11-6-10(7-12(16)19-11)14-13(17)18-8-9-4-2-1-3-5-9/h1-5,10H,6-8H2,(H,14,17). The Balaban J connectivity index is 1.78. The van der Waals surface area contributed by atoms with Crippen LogP contribution in [0.25, 0.3) is 0 Å². The summed E-state index contributed by atoms with van der Waals surface area (Å²) in [4.78, 5) is 33.5. The van der Waals surface area contributed by atoms with Gasteiger partial charge < -0.3 is 14.8 Å². The monoisotopic (exact) mass is 263 g/mol. The van der Waals surface area contributed by atoms with Crippen molar-refractivity contribution in [1.29, 1.82) is 0 Å². The molecule has 0 bridgehead atoms. The lowest BCUT2D eigenvalue weighted by Crippen LogP contribution is -2.42. The lowest BCUT2D eigenvalue weighted by molar-refractivity contribution is -0.164. The molecule has 0 aromatic heterocycles. The predicted octanol–water partition coefficient (Wildman–Crippen LogP) is 1.15. The smallest absolute Gasteiger partial charge is 0.407 e. The minimum Gasteiger partial charge on any atom is -0.445 e. The van der Waals surface area contributed by atoms with Gasteiger partial charge >= 0.3 is 18.0 Å². The number of carbonyl (C=O) groups is 3. The second-order valence-electron chi connectivity index (χ2n) is 4.16. The third kappa shape index (κ3) is 4.09. The van der Waals surface area contributed by atoms with Gasteiger partial charge in [0.2, 0.25) is 0 Å². The van der Waals surface area contributed by atoms with Crippen LogP contribution in [0.1, 0.15) is 18.4 Å². The molecular weight excluding hydrogens is 250 g/mol. The predicted molar refractivity (Wildman–Crippen MR) is 63.9 cm³/mol. The Morgan fingerprint density at radius 3 is 2.47 bits per heavy atom. The molecule has 0 spiro atoms. The molecule has 6 nitrogen and oxygen atoms in total. The quantitative estimate of drug-likeness (QED) is 0.653. The Labute approximate surface area is 109 Å². The van der Waals surface area contributed by atoms with Crippen LogP contribution in [0.15, 0.2) is 30.3 Å². The SMILES string of the molecule is O=C1CC(NC(=O)OCc2ccccc2)CC(=O)O1. The van der Waals surface area contributed by atoms with E-state index in [1.54, 1.807) is 0 Å². The summed E-state index contributed by atoms with van der Waals surface area (Å²) in [6.07, 6.45) is -0.699. The van der Waals surface area contributed by atoms with Crippen molar-refractivity contribution in [3.63, 3.8) is 0 Å². The third-order valence-electron chi connectivity index (χ3n) is 2.59. The highest BCUT2D eigenvalue weighted by atomic mass is 16.6. The molecular formula is C13H13NO5. The Morgan fingerprint density at radius 1 is 1.21 bits per heavy atom. The van der Waals surface area contributed by atoms with Gasteiger partial charge in [-0.05, 0) is 5.56 Å². The number of alkyl carbamates (subject to hydrolysis) is 1. The molecule has 19 heavy (non-hydrogen) atoms. The fraction of sp³-hybridized carbons (Fsp3) is 0.308. The minimum absolute atomic E-state index is 0.0216. The van der Waals surface area contributed by atoms with Crippen LogP contribution in [0, 0.1) is 0 Å². The molecule has 100 valence electrons. The van der Waals surface area contributed by atoms with Gasteiger partial charge in [0, 0.05) is 0 Å². The summed E-state index contributed by atoms with van der Waals surface area (Å²) in [6, 6.07) is 8.64. The first kappa shape index (κ1) is 13.1. The van der Waals surface area contributed by atoms with Gasteiger partial charge in [0.1, 0.15) is 6.61 Å². The lowest BCUT2D eigenvalue weighted by atomic mass is 10.1. The first-order valence-electron chi connectivity index (χ1n) is 5.84. The molecule has 1 aliphatic rings. The topological polar surface area (TPSA) is 81.7 Å². The van der Waals surface area contributed by atoms with Gasteiger partial charge in [-0.2, -0.15) is 0 Å².